The molecule has 0 spiro atoms. The van der Waals surface area contributed by atoms with Gasteiger partial charge in [0.1, 0.15) is 4.90 Å². The van der Waals surface area contributed by atoms with Crippen LogP contribution >= 0.6 is 11.6 Å². The van der Waals surface area contributed by atoms with Crippen LogP contribution in [0.2, 0.25) is 5.02 Å². The van der Waals surface area contributed by atoms with Gasteiger partial charge in [-0.25, -0.2) is 12.7 Å². The SMILES string of the molecule is CC(NC(=O)c1ccc(Cl)c(S(=O)(=O)N(C)C)c1)C12CC3CC(CC(C3)C1)C2. The molecule has 0 saturated heterocycles. The van der Waals surface area contributed by atoms with E-state index in [1.165, 1.54) is 64.8 Å². The Kier molecular flexibility index (Phi) is 5.04. The molecule has 7 heteroatoms. The number of carbonyl (C=O) groups is 1. The van der Waals surface area contributed by atoms with Crippen LogP contribution in [0.15, 0.2) is 23.1 Å². The number of carbonyl (C=O) groups excluding carboxylic acids is 1. The van der Waals surface area contributed by atoms with E-state index in [4.69, 9.17) is 11.6 Å². The highest BCUT2D eigenvalue weighted by atomic mass is 35.5. The maximum atomic E-state index is 12.9. The van der Waals surface area contributed by atoms with Crippen LogP contribution in [0.4, 0.5) is 0 Å². The van der Waals surface area contributed by atoms with Crippen LogP contribution in [-0.4, -0.2) is 38.8 Å². The molecule has 5 rings (SSSR count). The molecule has 1 aromatic rings. The number of nitrogens with one attached hydrogen (secondary N) is 1. The van der Waals surface area contributed by atoms with E-state index in [2.05, 4.69) is 12.2 Å². The van der Waals surface area contributed by atoms with Crippen molar-refractivity contribution in [3.63, 3.8) is 0 Å². The van der Waals surface area contributed by atoms with Crippen LogP contribution in [0, 0.1) is 23.2 Å². The molecule has 5 nitrogen and oxygen atoms in total. The van der Waals surface area contributed by atoms with E-state index in [1.54, 1.807) is 6.07 Å². The number of nitrogens with zero attached hydrogens (tertiary/aromatic N) is 1. The minimum absolute atomic E-state index is 0.0331. The normalized spacial score (nSPS) is 32.5. The zero-order valence-corrected chi connectivity index (χ0v) is 18.3. The van der Waals surface area contributed by atoms with Crippen LogP contribution in [0.3, 0.4) is 0 Å². The van der Waals surface area contributed by atoms with Gasteiger partial charge in [-0.05, 0) is 86.8 Å². The summed E-state index contributed by atoms with van der Waals surface area (Å²) in [4.78, 5) is 12.9. The molecule has 0 aromatic heterocycles. The van der Waals surface area contributed by atoms with Crippen molar-refractivity contribution in [1.29, 1.82) is 0 Å². The van der Waals surface area contributed by atoms with Gasteiger partial charge in [0, 0.05) is 25.7 Å². The molecule has 1 aromatic carbocycles. The number of benzene rings is 1. The van der Waals surface area contributed by atoms with Crippen molar-refractivity contribution < 1.29 is 13.2 Å². The minimum atomic E-state index is -3.71. The lowest BCUT2D eigenvalue weighted by Crippen LogP contribution is -2.55. The zero-order chi connectivity index (χ0) is 20.3. The molecule has 1 atom stereocenters. The van der Waals surface area contributed by atoms with Crippen LogP contribution < -0.4 is 5.32 Å². The molecule has 1 N–H and O–H groups in total. The van der Waals surface area contributed by atoms with E-state index in [1.807, 2.05) is 0 Å². The van der Waals surface area contributed by atoms with Crippen LogP contribution in [-0.2, 0) is 10.0 Å². The average Bonchev–Trinajstić information content (AvgIpc) is 2.60. The molecule has 1 amide bonds. The van der Waals surface area contributed by atoms with Crippen LogP contribution in [0.1, 0.15) is 55.8 Å². The lowest BCUT2D eigenvalue weighted by Gasteiger charge is -2.59. The van der Waals surface area contributed by atoms with E-state index in [-0.39, 0.29) is 27.3 Å². The van der Waals surface area contributed by atoms with Crippen molar-refractivity contribution in [3.8, 4) is 0 Å². The maximum absolute atomic E-state index is 12.9. The second kappa shape index (κ2) is 6.99. The second-order valence-electron chi connectivity index (χ2n) is 9.41. The Morgan fingerprint density at radius 1 is 1.14 bits per heavy atom. The van der Waals surface area contributed by atoms with Gasteiger partial charge in [-0.15, -0.1) is 0 Å². The molecule has 0 heterocycles. The first-order valence-electron chi connectivity index (χ1n) is 10.1. The first kappa shape index (κ1) is 20.2. The fourth-order valence-corrected chi connectivity index (χ4v) is 7.57. The first-order valence-corrected chi connectivity index (χ1v) is 12.0. The van der Waals surface area contributed by atoms with Gasteiger partial charge in [0.15, 0.2) is 0 Å². The molecule has 154 valence electrons. The molecule has 1 unspecified atom stereocenters. The third kappa shape index (κ3) is 3.37. The lowest BCUT2D eigenvalue weighted by atomic mass is 9.48. The Labute approximate surface area is 172 Å². The quantitative estimate of drug-likeness (QED) is 0.778. The number of rotatable bonds is 5. The number of sulfonamides is 1. The molecule has 0 aliphatic heterocycles. The van der Waals surface area contributed by atoms with Gasteiger partial charge in [-0.1, -0.05) is 11.6 Å². The van der Waals surface area contributed by atoms with Gasteiger partial charge in [0.05, 0.1) is 5.02 Å². The fraction of sp³-hybridized carbons (Fsp3) is 0.667. The number of amides is 1. The highest BCUT2D eigenvalue weighted by Gasteiger charge is 2.53. The van der Waals surface area contributed by atoms with Gasteiger partial charge in [-0.2, -0.15) is 0 Å². The maximum Gasteiger partial charge on any atom is 0.251 e. The largest absolute Gasteiger partial charge is 0.349 e. The Morgan fingerprint density at radius 3 is 2.18 bits per heavy atom. The molecule has 4 aliphatic rings. The predicted molar refractivity (Wildman–Crippen MR) is 110 cm³/mol. The summed E-state index contributed by atoms with van der Waals surface area (Å²) in [5, 5.41) is 3.31. The Balaban J connectivity index is 1.54. The van der Waals surface area contributed by atoms with Crippen molar-refractivity contribution in [3.05, 3.63) is 28.8 Å². The third-order valence-corrected chi connectivity index (χ3v) is 9.60. The van der Waals surface area contributed by atoms with E-state index in [0.717, 1.165) is 22.1 Å². The first-order chi connectivity index (χ1) is 13.1. The van der Waals surface area contributed by atoms with Gasteiger partial charge in [-0.3, -0.25) is 4.79 Å². The molecule has 4 fully saturated rings. The molecule has 0 radical (unpaired) electrons. The van der Waals surface area contributed by atoms with E-state index < -0.39 is 10.0 Å². The number of hydrogen-bond donors (Lipinski definition) is 1. The van der Waals surface area contributed by atoms with Crippen molar-refractivity contribution in [2.45, 2.75) is 56.4 Å². The molecule has 28 heavy (non-hydrogen) atoms. The summed E-state index contributed by atoms with van der Waals surface area (Å²) >= 11 is 6.11. The highest BCUT2D eigenvalue weighted by Crippen LogP contribution is 2.61. The summed E-state index contributed by atoms with van der Waals surface area (Å²) in [6.07, 6.45) is 7.72. The van der Waals surface area contributed by atoms with E-state index in [0.29, 0.717) is 5.56 Å². The monoisotopic (exact) mass is 424 g/mol. The Bertz CT molecular complexity index is 862. The van der Waals surface area contributed by atoms with E-state index >= 15 is 0 Å². The third-order valence-electron chi connectivity index (χ3n) is 7.30. The standard InChI is InChI=1S/C21H29ClN2O3S/c1-13(21-10-14-6-15(11-21)8-16(7-14)12-21)23-20(25)17-4-5-18(22)19(9-17)28(26,27)24(2)3/h4-5,9,13-16H,6-8,10-12H2,1-3H3,(H,23,25). The summed E-state index contributed by atoms with van der Waals surface area (Å²) in [5.74, 6) is 2.23. The van der Waals surface area contributed by atoms with E-state index in [9.17, 15) is 13.2 Å². The summed E-state index contributed by atoms with van der Waals surface area (Å²) < 4.78 is 26.1. The predicted octanol–water partition coefficient (Wildman–Crippen LogP) is 3.93. The van der Waals surface area contributed by atoms with Crippen molar-refractivity contribution in [2.24, 2.45) is 23.2 Å². The Morgan fingerprint density at radius 2 is 1.68 bits per heavy atom. The summed E-state index contributed by atoms with van der Waals surface area (Å²) in [6, 6.07) is 4.55. The molecule has 4 aliphatic carbocycles. The van der Waals surface area contributed by atoms with Crippen LogP contribution in [0.5, 0.6) is 0 Å². The summed E-state index contributed by atoms with van der Waals surface area (Å²) in [6.45, 7) is 2.12. The van der Waals surface area contributed by atoms with Gasteiger partial charge in [0.2, 0.25) is 10.0 Å². The van der Waals surface area contributed by atoms with Gasteiger partial charge in [0.25, 0.3) is 5.91 Å². The average molecular weight is 425 g/mol. The molecule has 4 bridgehead atoms. The topological polar surface area (TPSA) is 66.5 Å². The van der Waals surface area contributed by atoms with Crippen molar-refractivity contribution in [1.82, 2.24) is 9.62 Å². The molecular weight excluding hydrogens is 396 g/mol. The highest BCUT2D eigenvalue weighted by molar-refractivity contribution is 7.89. The fourth-order valence-electron chi connectivity index (χ4n) is 6.18. The van der Waals surface area contributed by atoms with Gasteiger partial charge >= 0.3 is 0 Å². The Hall–Kier alpha value is -1.11. The van der Waals surface area contributed by atoms with Gasteiger partial charge < -0.3 is 5.32 Å². The zero-order valence-electron chi connectivity index (χ0n) is 16.7. The lowest BCUT2D eigenvalue weighted by molar-refractivity contribution is -0.0688. The molecule has 4 saturated carbocycles. The second-order valence-corrected chi connectivity index (χ2v) is 11.9. The van der Waals surface area contributed by atoms with Crippen molar-refractivity contribution >= 4 is 27.5 Å². The van der Waals surface area contributed by atoms with Crippen molar-refractivity contribution in [2.75, 3.05) is 14.1 Å². The molecular formula is C21H29ClN2O3S. The van der Waals surface area contributed by atoms with Crippen LogP contribution in [0.25, 0.3) is 0 Å². The number of hydrogen-bond acceptors (Lipinski definition) is 3. The number of halogens is 1. The minimum Gasteiger partial charge on any atom is -0.349 e. The summed E-state index contributed by atoms with van der Waals surface area (Å²) in [7, 11) is -0.804. The smallest absolute Gasteiger partial charge is 0.251 e. The summed E-state index contributed by atoms with van der Waals surface area (Å²) in [5.41, 5.74) is 0.538.